The Bertz CT molecular complexity index is 301. The first kappa shape index (κ1) is 16.3. The number of esters is 1. The molecular formula is C10H19O6P. The van der Waals surface area contributed by atoms with Crippen molar-refractivity contribution in [3.05, 3.63) is 12.2 Å². The van der Waals surface area contributed by atoms with Gasteiger partial charge in [-0.1, -0.05) is 13.5 Å². The third kappa shape index (κ3) is 9.06. The summed E-state index contributed by atoms with van der Waals surface area (Å²) in [5, 5.41) is 0. The molecule has 1 unspecified atom stereocenters. The van der Waals surface area contributed by atoms with Gasteiger partial charge in [-0.25, -0.2) is 9.36 Å². The Labute approximate surface area is 101 Å². The number of phosphoric ester groups is 1. The minimum atomic E-state index is -3.95. The van der Waals surface area contributed by atoms with E-state index in [4.69, 9.17) is 9.63 Å². The fourth-order valence-electron chi connectivity index (χ4n) is 0.771. The Hall–Kier alpha value is -0.680. The van der Waals surface area contributed by atoms with Gasteiger partial charge in [-0.15, -0.1) is 0 Å². The third-order valence-electron chi connectivity index (χ3n) is 1.58. The van der Waals surface area contributed by atoms with Gasteiger partial charge in [0.1, 0.15) is 0 Å². The van der Waals surface area contributed by atoms with Crippen LogP contribution in [0.25, 0.3) is 0 Å². The van der Waals surface area contributed by atoms with Gasteiger partial charge in [0.25, 0.3) is 0 Å². The van der Waals surface area contributed by atoms with Crippen LogP contribution in [0.4, 0.5) is 0 Å². The predicted molar refractivity (Wildman–Crippen MR) is 62.4 cm³/mol. The average Bonchev–Trinajstić information content (AvgIpc) is 2.25. The quantitative estimate of drug-likeness (QED) is 0.297. The molecule has 0 spiro atoms. The summed E-state index contributed by atoms with van der Waals surface area (Å²) in [6.45, 7) is 7.04. The molecule has 0 fully saturated rings. The van der Waals surface area contributed by atoms with Gasteiger partial charge in [-0.05, 0) is 13.3 Å². The van der Waals surface area contributed by atoms with Crippen LogP contribution in [-0.4, -0.2) is 30.7 Å². The van der Waals surface area contributed by atoms with Crippen LogP contribution in [-0.2, 0) is 23.1 Å². The zero-order valence-corrected chi connectivity index (χ0v) is 11.1. The molecule has 0 aromatic heterocycles. The van der Waals surface area contributed by atoms with Crippen molar-refractivity contribution in [2.45, 2.75) is 26.7 Å². The Kier molecular flexibility index (Phi) is 8.08. The molecule has 0 aromatic carbocycles. The van der Waals surface area contributed by atoms with E-state index in [2.05, 4.69) is 15.6 Å². The van der Waals surface area contributed by atoms with Crippen LogP contribution in [0.1, 0.15) is 26.7 Å². The largest absolute Gasteiger partial charge is 0.472 e. The van der Waals surface area contributed by atoms with E-state index >= 15 is 0 Å². The van der Waals surface area contributed by atoms with Gasteiger partial charge >= 0.3 is 13.8 Å². The van der Waals surface area contributed by atoms with Crippen molar-refractivity contribution in [2.75, 3.05) is 19.8 Å². The van der Waals surface area contributed by atoms with E-state index < -0.39 is 13.8 Å². The minimum Gasteiger partial charge on any atom is -0.462 e. The van der Waals surface area contributed by atoms with Crippen LogP contribution in [0.2, 0.25) is 0 Å². The van der Waals surface area contributed by atoms with E-state index in [9.17, 15) is 9.36 Å². The Morgan fingerprint density at radius 3 is 2.41 bits per heavy atom. The van der Waals surface area contributed by atoms with Crippen molar-refractivity contribution < 1.29 is 28.0 Å². The van der Waals surface area contributed by atoms with Gasteiger partial charge in [-0.3, -0.25) is 9.05 Å². The maximum absolute atomic E-state index is 11.2. The summed E-state index contributed by atoms with van der Waals surface area (Å²) < 4.78 is 25.2. The summed E-state index contributed by atoms with van der Waals surface area (Å²) in [5.74, 6) is -0.487. The fraction of sp³-hybridized carbons (Fsp3) is 0.700. The lowest BCUT2D eigenvalue weighted by Crippen LogP contribution is -2.08. The number of phosphoric acid groups is 1. The van der Waals surface area contributed by atoms with Crippen LogP contribution >= 0.6 is 7.82 Å². The van der Waals surface area contributed by atoms with Crippen molar-refractivity contribution in [3.63, 3.8) is 0 Å². The molecule has 17 heavy (non-hydrogen) atoms. The number of hydrogen-bond acceptors (Lipinski definition) is 5. The van der Waals surface area contributed by atoms with Gasteiger partial charge in [-0.2, -0.15) is 0 Å². The SMILES string of the molecule is C=C(C)C(=O)OCCCOP(=O)(O)OCCC. The van der Waals surface area contributed by atoms with Crippen LogP contribution in [0.15, 0.2) is 12.2 Å². The second-order valence-corrected chi connectivity index (χ2v) is 4.86. The lowest BCUT2D eigenvalue weighted by Gasteiger charge is -2.11. The smallest absolute Gasteiger partial charge is 0.462 e. The maximum atomic E-state index is 11.2. The molecule has 0 amide bonds. The summed E-state index contributed by atoms with van der Waals surface area (Å²) in [6, 6.07) is 0. The number of hydrogen-bond donors (Lipinski definition) is 1. The first-order chi connectivity index (χ1) is 7.89. The molecule has 0 aromatic rings. The Morgan fingerprint density at radius 1 is 1.29 bits per heavy atom. The van der Waals surface area contributed by atoms with E-state index in [0.717, 1.165) is 0 Å². The summed E-state index contributed by atoms with van der Waals surface area (Å²) >= 11 is 0. The monoisotopic (exact) mass is 266 g/mol. The van der Waals surface area contributed by atoms with Gasteiger partial charge in [0.15, 0.2) is 0 Å². The van der Waals surface area contributed by atoms with Gasteiger partial charge in [0.05, 0.1) is 19.8 Å². The van der Waals surface area contributed by atoms with E-state index in [-0.39, 0.29) is 19.8 Å². The number of ether oxygens (including phenoxy) is 1. The standard InChI is InChI=1S/C10H19O6P/c1-4-6-15-17(12,13)16-8-5-7-14-10(11)9(2)3/h2,4-8H2,1,3H3,(H,12,13). The normalized spacial score (nSPS) is 14.1. The molecule has 0 rings (SSSR count). The van der Waals surface area contributed by atoms with Crippen molar-refractivity contribution >= 4 is 13.8 Å². The van der Waals surface area contributed by atoms with Gasteiger partial charge in [0.2, 0.25) is 0 Å². The lowest BCUT2D eigenvalue weighted by molar-refractivity contribution is -0.139. The van der Waals surface area contributed by atoms with Crippen LogP contribution in [0.5, 0.6) is 0 Å². The molecular weight excluding hydrogens is 247 g/mol. The number of rotatable bonds is 9. The molecule has 0 aliphatic carbocycles. The Balaban J connectivity index is 3.60. The van der Waals surface area contributed by atoms with Crippen LogP contribution in [0.3, 0.4) is 0 Å². The predicted octanol–water partition coefficient (Wildman–Crippen LogP) is 2.04. The van der Waals surface area contributed by atoms with Crippen molar-refractivity contribution in [2.24, 2.45) is 0 Å². The molecule has 0 saturated carbocycles. The molecule has 7 heteroatoms. The molecule has 0 aliphatic heterocycles. The summed E-state index contributed by atoms with van der Waals surface area (Å²) in [5.41, 5.74) is 0.310. The molecule has 1 atom stereocenters. The highest BCUT2D eigenvalue weighted by Gasteiger charge is 2.19. The topological polar surface area (TPSA) is 82.1 Å². The average molecular weight is 266 g/mol. The van der Waals surface area contributed by atoms with Crippen LogP contribution in [0, 0.1) is 0 Å². The molecule has 0 heterocycles. The highest BCUT2D eigenvalue weighted by atomic mass is 31.2. The second kappa shape index (κ2) is 8.42. The highest BCUT2D eigenvalue weighted by Crippen LogP contribution is 2.43. The third-order valence-corrected chi connectivity index (χ3v) is 2.60. The van der Waals surface area contributed by atoms with Crippen LogP contribution < -0.4 is 0 Å². The van der Waals surface area contributed by atoms with E-state index in [1.165, 1.54) is 0 Å². The maximum Gasteiger partial charge on any atom is 0.472 e. The molecule has 0 saturated heterocycles. The van der Waals surface area contributed by atoms with Crippen molar-refractivity contribution in [3.8, 4) is 0 Å². The van der Waals surface area contributed by atoms with Gasteiger partial charge < -0.3 is 9.63 Å². The minimum absolute atomic E-state index is 0.0129. The first-order valence-corrected chi connectivity index (χ1v) is 6.83. The van der Waals surface area contributed by atoms with Crippen molar-refractivity contribution in [1.29, 1.82) is 0 Å². The lowest BCUT2D eigenvalue weighted by atomic mass is 10.4. The zero-order valence-electron chi connectivity index (χ0n) is 10.2. The van der Waals surface area contributed by atoms with E-state index in [1.807, 2.05) is 6.92 Å². The van der Waals surface area contributed by atoms with Gasteiger partial charge in [0, 0.05) is 12.0 Å². The molecule has 0 aliphatic rings. The van der Waals surface area contributed by atoms with E-state index in [0.29, 0.717) is 18.4 Å². The summed E-state index contributed by atoms with van der Waals surface area (Å²) in [6.07, 6.45) is 0.948. The van der Waals surface area contributed by atoms with E-state index in [1.54, 1.807) is 6.92 Å². The highest BCUT2D eigenvalue weighted by molar-refractivity contribution is 7.47. The Morgan fingerprint density at radius 2 is 1.88 bits per heavy atom. The van der Waals surface area contributed by atoms with Crippen molar-refractivity contribution in [1.82, 2.24) is 0 Å². The summed E-state index contributed by atoms with van der Waals surface area (Å²) in [4.78, 5) is 20.1. The molecule has 1 N–H and O–H groups in total. The molecule has 6 nitrogen and oxygen atoms in total. The molecule has 100 valence electrons. The second-order valence-electron chi connectivity index (χ2n) is 3.40. The number of carbonyl (C=O) groups is 1. The summed E-state index contributed by atoms with van der Waals surface area (Å²) in [7, 11) is -3.95. The first-order valence-electron chi connectivity index (χ1n) is 5.33. The zero-order chi connectivity index (χ0) is 13.3. The molecule has 0 radical (unpaired) electrons. The molecule has 0 bridgehead atoms. The fourth-order valence-corrected chi connectivity index (χ4v) is 1.62. The number of carbonyl (C=O) groups excluding carboxylic acids is 1.